The van der Waals surface area contributed by atoms with Crippen LogP contribution in [-0.2, 0) is 16.0 Å². The Labute approximate surface area is 108 Å². The van der Waals surface area contributed by atoms with Gasteiger partial charge >= 0.3 is 5.97 Å². The molecule has 7 heteroatoms. The summed E-state index contributed by atoms with van der Waals surface area (Å²) in [6.45, 7) is -0.692. The molecule has 1 aliphatic heterocycles. The summed E-state index contributed by atoms with van der Waals surface area (Å²) in [7, 11) is 0. The highest BCUT2D eigenvalue weighted by molar-refractivity contribution is 6.02. The maximum Gasteiger partial charge on any atom is 0.328 e. The van der Waals surface area contributed by atoms with Crippen LogP contribution in [0.15, 0.2) is 18.2 Å². The lowest BCUT2D eigenvalue weighted by molar-refractivity contribution is -0.140. The molecule has 0 aliphatic carbocycles. The van der Waals surface area contributed by atoms with Gasteiger partial charge in [-0.05, 0) is 17.7 Å². The Morgan fingerprint density at radius 1 is 1.42 bits per heavy atom. The third kappa shape index (κ3) is 2.71. The first-order valence-electron chi connectivity index (χ1n) is 5.58. The van der Waals surface area contributed by atoms with Crippen molar-refractivity contribution in [2.24, 2.45) is 0 Å². The molecular formula is C12H12N2O5. The van der Waals surface area contributed by atoms with Crippen molar-refractivity contribution < 1.29 is 24.6 Å². The zero-order chi connectivity index (χ0) is 14.0. The van der Waals surface area contributed by atoms with E-state index in [0.717, 1.165) is 5.56 Å². The molecular weight excluding hydrogens is 252 g/mol. The van der Waals surface area contributed by atoms with Crippen molar-refractivity contribution in [2.45, 2.75) is 12.5 Å². The molecule has 1 aromatic rings. The third-order valence-corrected chi connectivity index (χ3v) is 2.78. The van der Waals surface area contributed by atoms with E-state index in [2.05, 4.69) is 10.6 Å². The lowest BCUT2D eigenvalue weighted by Gasteiger charge is -2.12. The van der Waals surface area contributed by atoms with Crippen LogP contribution in [0.3, 0.4) is 0 Å². The Bertz CT molecular complexity index is 555. The molecule has 0 aromatic heterocycles. The lowest BCUT2D eigenvalue weighted by Crippen LogP contribution is -2.43. The van der Waals surface area contributed by atoms with Crippen molar-refractivity contribution in [3.8, 4) is 0 Å². The van der Waals surface area contributed by atoms with Crippen LogP contribution in [-0.4, -0.2) is 40.6 Å². The van der Waals surface area contributed by atoms with Crippen LogP contribution in [0.1, 0.15) is 15.9 Å². The molecule has 100 valence electrons. The summed E-state index contributed by atoms with van der Waals surface area (Å²) >= 11 is 0. The number of carboxylic acids is 1. The van der Waals surface area contributed by atoms with Crippen LogP contribution in [0.5, 0.6) is 0 Å². The van der Waals surface area contributed by atoms with Gasteiger partial charge in [0, 0.05) is 11.3 Å². The van der Waals surface area contributed by atoms with Gasteiger partial charge in [-0.2, -0.15) is 0 Å². The summed E-state index contributed by atoms with van der Waals surface area (Å²) in [5.41, 5.74) is 1.56. The minimum absolute atomic E-state index is 0.147. The fourth-order valence-electron chi connectivity index (χ4n) is 1.78. The summed E-state index contributed by atoms with van der Waals surface area (Å²) in [5.74, 6) is -2.08. The summed E-state index contributed by atoms with van der Waals surface area (Å²) in [5, 5.41) is 22.3. The number of aliphatic hydroxyl groups is 1. The predicted octanol–water partition coefficient (Wildman–Crippen LogP) is -0.644. The SMILES string of the molecule is O=C1Cc2ccc(C(=O)N[C@@H](CO)C(=O)O)cc2N1. The summed E-state index contributed by atoms with van der Waals surface area (Å²) in [6, 6.07) is 3.27. The Morgan fingerprint density at radius 3 is 2.79 bits per heavy atom. The van der Waals surface area contributed by atoms with Gasteiger partial charge in [-0.3, -0.25) is 9.59 Å². The van der Waals surface area contributed by atoms with Crippen molar-refractivity contribution in [3.63, 3.8) is 0 Å². The first kappa shape index (κ1) is 13.0. The second-order valence-corrected chi connectivity index (χ2v) is 4.14. The molecule has 1 atom stereocenters. The molecule has 1 heterocycles. The van der Waals surface area contributed by atoms with Crippen molar-refractivity contribution in [2.75, 3.05) is 11.9 Å². The van der Waals surface area contributed by atoms with E-state index in [1.54, 1.807) is 6.07 Å². The highest BCUT2D eigenvalue weighted by atomic mass is 16.4. The van der Waals surface area contributed by atoms with Gasteiger partial charge in [0.1, 0.15) is 0 Å². The Morgan fingerprint density at radius 2 is 2.16 bits per heavy atom. The minimum Gasteiger partial charge on any atom is -0.480 e. The topological polar surface area (TPSA) is 116 Å². The van der Waals surface area contributed by atoms with Gasteiger partial charge in [-0.25, -0.2) is 4.79 Å². The molecule has 0 spiro atoms. The molecule has 1 aliphatic rings. The fourth-order valence-corrected chi connectivity index (χ4v) is 1.78. The first-order chi connectivity index (χ1) is 9.01. The predicted molar refractivity (Wildman–Crippen MR) is 64.8 cm³/mol. The molecule has 7 nitrogen and oxygen atoms in total. The number of hydrogen-bond acceptors (Lipinski definition) is 4. The van der Waals surface area contributed by atoms with E-state index < -0.39 is 24.5 Å². The van der Waals surface area contributed by atoms with Gasteiger partial charge in [0.15, 0.2) is 6.04 Å². The number of aliphatic hydroxyl groups excluding tert-OH is 1. The van der Waals surface area contributed by atoms with Crippen LogP contribution < -0.4 is 10.6 Å². The number of aliphatic carboxylic acids is 1. The van der Waals surface area contributed by atoms with Gasteiger partial charge in [-0.1, -0.05) is 6.07 Å². The van der Waals surface area contributed by atoms with Crippen LogP contribution in [0.25, 0.3) is 0 Å². The molecule has 0 unspecified atom stereocenters. The van der Waals surface area contributed by atoms with Gasteiger partial charge in [-0.15, -0.1) is 0 Å². The van der Waals surface area contributed by atoms with Gasteiger partial charge < -0.3 is 20.8 Å². The zero-order valence-corrected chi connectivity index (χ0v) is 9.84. The number of hydrogen-bond donors (Lipinski definition) is 4. The molecule has 0 radical (unpaired) electrons. The molecule has 0 bridgehead atoms. The maximum absolute atomic E-state index is 11.8. The quantitative estimate of drug-likeness (QED) is 0.577. The van der Waals surface area contributed by atoms with E-state index in [0.29, 0.717) is 5.69 Å². The summed E-state index contributed by atoms with van der Waals surface area (Å²) in [4.78, 5) is 33.7. The van der Waals surface area contributed by atoms with Crippen LogP contribution in [0.4, 0.5) is 5.69 Å². The van der Waals surface area contributed by atoms with E-state index >= 15 is 0 Å². The molecule has 0 fully saturated rings. The average molecular weight is 264 g/mol. The highest BCUT2D eigenvalue weighted by Gasteiger charge is 2.22. The average Bonchev–Trinajstić information content (AvgIpc) is 2.74. The van der Waals surface area contributed by atoms with Crippen LogP contribution >= 0.6 is 0 Å². The molecule has 0 saturated heterocycles. The zero-order valence-electron chi connectivity index (χ0n) is 9.84. The van der Waals surface area contributed by atoms with E-state index in [4.69, 9.17) is 10.2 Å². The Hall–Kier alpha value is -2.41. The number of amides is 2. The van der Waals surface area contributed by atoms with Crippen LogP contribution in [0, 0.1) is 0 Å². The molecule has 2 rings (SSSR count). The van der Waals surface area contributed by atoms with Gasteiger partial charge in [0.05, 0.1) is 13.0 Å². The standard InChI is InChI=1S/C12H12N2O5/c15-5-9(12(18)19)14-11(17)7-2-1-6-4-10(16)13-8(6)3-7/h1-3,9,15H,4-5H2,(H,13,16)(H,14,17)(H,18,19)/t9-/m0/s1. The number of carboxylic acid groups (broad SMARTS) is 1. The fraction of sp³-hybridized carbons (Fsp3) is 0.250. The first-order valence-corrected chi connectivity index (χ1v) is 5.58. The number of rotatable bonds is 4. The van der Waals surface area contributed by atoms with E-state index in [1.165, 1.54) is 12.1 Å². The molecule has 0 saturated carbocycles. The van der Waals surface area contributed by atoms with Crippen molar-refractivity contribution >= 4 is 23.5 Å². The van der Waals surface area contributed by atoms with E-state index in [1.807, 2.05) is 0 Å². The van der Waals surface area contributed by atoms with Gasteiger partial charge in [0.2, 0.25) is 5.91 Å². The Balaban J connectivity index is 2.15. The maximum atomic E-state index is 11.8. The summed E-state index contributed by atoms with van der Waals surface area (Å²) in [6.07, 6.45) is 0.269. The third-order valence-electron chi connectivity index (χ3n) is 2.78. The number of anilines is 1. The van der Waals surface area contributed by atoms with Crippen LogP contribution in [0.2, 0.25) is 0 Å². The van der Waals surface area contributed by atoms with Crippen molar-refractivity contribution in [1.29, 1.82) is 0 Å². The van der Waals surface area contributed by atoms with E-state index in [9.17, 15) is 14.4 Å². The number of carbonyl (C=O) groups is 3. The highest BCUT2D eigenvalue weighted by Crippen LogP contribution is 2.23. The largest absolute Gasteiger partial charge is 0.480 e. The molecule has 19 heavy (non-hydrogen) atoms. The smallest absolute Gasteiger partial charge is 0.328 e. The number of nitrogens with one attached hydrogen (secondary N) is 2. The summed E-state index contributed by atoms with van der Waals surface area (Å²) < 4.78 is 0. The number of benzene rings is 1. The second-order valence-electron chi connectivity index (χ2n) is 4.14. The monoisotopic (exact) mass is 264 g/mol. The second kappa shape index (κ2) is 5.07. The van der Waals surface area contributed by atoms with Gasteiger partial charge in [0.25, 0.3) is 5.91 Å². The normalized spacial score (nSPS) is 14.5. The molecule has 1 aromatic carbocycles. The minimum atomic E-state index is -1.35. The lowest BCUT2D eigenvalue weighted by atomic mass is 10.1. The van der Waals surface area contributed by atoms with E-state index in [-0.39, 0.29) is 17.9 Å². The number of fused-ring (bicyclic) bond motifs is 1. The van der Waals surface area contributed by atoms with Crippen molar-refractivity contribution in [1.82, 2.24) is 5.32 Å². The molecule has 4 N–H and O–H groups in total. The Kier molecular flexibility index (Phi) is 3.48. The molecule has 2 amide bonds. The number of carbonyl (C=O) groups excluding carboxylic acids is 2. The van der Waals surface area contributed by atoms with Crippen molar-refractivity contribution in [3.05, 3.63) is 29.3 Å².